The lowest BCUT2D eigenvalue weighted by atomic mass is 10.1. The second kappa shape index (κ2) is 11.5. The highest BCUT2D eigenvalue weighted by molar-refractivity contribution is 7.80. The van der Waals surface area contributed by atoms with Crippen molar-refractivity contribution >= 4 is 40.5 Å². The Hall–Kier alpha value is -2.94. The standard InChI is InChI=1S/C25H28F3N3O2S/c1-2-3-4-5-9-15-30-21(17-22(32)29-19-12-7-6-8-13-19)23(33)31(24(30)34)20-14-10-11-18(16-20)25(26,27)28/h6-8,10-14,16,21H,2-5,9,15,17H2,1H3,(H,29,32). The second-order valence-corrected chi connectivity index (χ2v) is 8.61. The van der Waals surface area contributed by atoms with Crippen molar-refractivity contribution in [3.05, 3.63) is 60.2 Å². The van der Waals surface area contributed by atoms with Crippen molar-refractivity contribution in [2.24, 2.45) is 0 Å². The summed E-state index contributed by atoms with van der Waals surface area (Å²) >= 11 is 5.54. The van der Waals surface area contributed by atoms with E-state index in [1.165, 1.54) is 12.1 Å². The quantitative estimate of drug-likeness (QED) is 0.327. The van der Waals surface area contributed by atoms with Crippen molar-refractivity contribution in [1.82, 2.24) is 4.90 Å². The van der Waals surface area contributed by atoms with Gasteiger partial charge in [-0.05, 0) is 49.0 Å². The Labute approximate surface area is 202 Å². The fourth-order valence-electron chi connectivity index (χ4n) is 3.94. The van der Waals surface area contributed by atoms with Crippen LogP contribution in [0.1, 0.15) is 51.0 Å². The summed E-state index contributed by atoms with van der Waals surface area (Å²) in [4.78, 5) is 28.9. The number of carbonyl (C=O) groups is 2. The van der Waals surface area contributed by atoms with E-state index in [0.29, 0.717) is 12.2 Å². The van der Waals surface area contributed by atoms with Crippen LogP contribution in [0.5, 0.6) is 0 Å². The minimum absolute atomic E-state index is 0.0479. The Bertz CT molecular complexity index is 1010. The van der Waals surface area contributed by atoms with Crippen LogP contribution in [-0.2, 0) is 15.8 Å². The van der Waals surface area contributed by atoms with Gasteiger partial charge in [0.15, 0.2) is 5.11 Å². The Morgan fingerprint density at radius 1 is 1.03 bits per heavy atom. The van der Waals surface area contributed by atoms with Crippen LogP contribution in [0.2, 0.25) is 0 Å². The second-order valence-electron chi connectivity index (χ2n) is 8.25. The first-order valence-electron chi connectivity index (χ1n) is 11.4. The first-order chi connectivity index (χ1) is 16.2. The number of nitrogens with zero attached hydrogens (tertiary/aromatic N) is 2. The summed E-state index contributed by atoms with van der Waals surface area (Å²) in [5.41, 5.74) is -0.217. The molecule has 2 amide bonds. The van der Waals surface area contributed by atoms with Crippen LogP contribution in [0, 0.1) is 0 Å². The van der Waals surface area contributed by atoms with E-state index in [1.54, 1.807) is 29.2 Å². The molecular formula is C25H28F3N3O2S. The molecule has 1 aliphatic heterocycles. The molecule has 9 heteroatoms. The molecule has 1 saturated heterocycles. The summed E-state index contributed by atoms with van der Waals surface area (Å²) in [5, 5.41) is 2.89. The van der Waals surface area contributed by atoms with E-state index in [0.717, 1.165) is 49.1 Å². The van der Waals surface area contributed by atoms with E-state index in [2.05, 4.69) is 12.2 Å². The number of anilines is 2. The predicted octanol–water partition coefficient (Wildman–Crippen LogP) is 6.01. The van der Waals surface area contributed by atoms with E-state index < -0.39 is 23.7 Å². The first-order valence-corrected chi connectivity index (χ1v) is 11.8. The van der Waals surface area contributed by atoms with Crippen LogP contribution in [-0.4, -0.2) is 34.4 Å². The molecule has 0 radical (unpaired) electrons. The van der Waals surface area contributed by atoms with Crippen molar-refractivity contribution in [2.75, 3.05) is 16.8 Å². The topological polar surface area (TPSA) is 52.7 Å². The van der Waals surface area contributed by atoms with Crippen LogP contribution in [0.15, 0.2) is 54.6 Å². The molecule has 1 heterocycles. The van der Waals surface area contributed by atoms with E-state index >= 15 is 0 Å². The summed E-state index contributed by atoms with van der Waals surface area (Å²) in [6.07, 6.45) is 0.233. The molecule has 2 aromatic carbocycles. The molecule has 34 heavy (non-hydrogen) atoms. The number of unbranched alkanes of at least 4 members (excludes halogenated alkanes) is 4. The molecule has 1 N–H and O–H groups in total. The molecule has 0 spiro atoms. The lowest BCUT2D eigenvalue weighted by Crippen LogP contribution is -2.38. The number of hydrogen-bond donors (Lipinski definition) is 1. The molecule has 0 bridgehead atoms. The lowest BCUT2D eigenvalue weighted by molar-refractivity contribution is -0.137. The molecule has 2 aromatic rings. The minimum atomic E-state index is -4.55. The van der Waals surface area contributed by atoms with Gasteiger partial charge in [0.2, 0.25) is 5.91 Å². The summed E-state index contributed by atoms with van der Waals surface area (Å²) in [7, 11) is 0. The van der Waals surface area contributed by atoms with Gasteiger partial charge in [-0.2, -0.15) is 13.2 Å². The van der Waals surface area contributed by atoms with Gasteiger partial charge in [-0.3, -0.25) is 14.5 Å². The molecule has 1 fully saturated rings. The van der Waals surface area contributed by atoms with Gasteiger partial charge in [-0.15, -0.1) is 0 Å². The number of rotatable bonds is 10. The van der Waals surface area contributed by atoms with Gasteiger partial charge in [-0.25, -0.2) is 0 Å². The van der Waals surface area contributed by atoms with Crippen LogP contribution in [0.25, 0.3) is 0 Å². The van der Waals surface area contributed by atoms with Gasteiger partial charge in [-0.1, -0.05) is 56.9 Å². The van der Waals surface area contributed by atoms with Crippen LogP contribution < -0.4 is 10.2 Å². The smallest absolute Gasteiger partial charge is 0.336 e. The number of nitrogens with one attached hydrogen (secondary N) is 1. The summed E-state index contributed by atoms with van der Waals surface area (Å²) in [5.74, 6) is -0.865. The molecule has 3 rings (SSSR count). The number of hydrogen-bond acceptors (Lipinski definition) is 3. The average molecular weight is 492 g/mol. The van der Waals surface area contributed by atoms with Crippen molar-refractivity contribution in [1.29, 1.82) is 0 Å². The highest BCUT2D eigenvalue weighted by Crippen LogP contribution is 2.34. The largest absolute Gasteiger partial charge is 0.416 e. The number of thiocarbonyl (C=S) groups is 1. The number of alkyl halides is 3. The molecule has 1 atom stereocenters. The fourth-order valence-corrected chi connectivity index (χ4v) is 4.36. The third-order valence-electron chi connectivity index (χ3n) is 5.69. The Balaban J connectivity index is 1.81. The van der Waals surface area contributed by atoms with Crippen LogP contribution >= 0.6 is 12.2 Å². The molecule has 5 nitrogen and oxygen atoms in total. The molecule has 0 aliphatic carbocycles. The van der Waals surface area contributed by atoms with E-state index in [4.69, 9.17) is 12.2 Å². The molecule has 1 unspecified atom stereocenters. The fraction of sp³-hybridized carbons (Fsp3) is 0.400. The highest BCUT2D eigenvalue weighted by atomic mass is 32.1. The minimum Gasteiger partial charge on any atom is -0.336 e. The highest BCUT2D eigenvalue weighted by Gasteiger charge is 2.44. The van der Waals surface area contributed by atoms with E-state index in [9.17, 15) is 22.8 Å². The Kier molecular flexibility index (Phi) is 8.66. The molecule has 1 aliphatic rings. The number of benzene rings is 2. The van der Waals surface area contributed by atoms with Crippen molar-refractivity contribution in [2.45, 2.75) is 57.7 Å². The third-order valence-corrected chi connectivity index (χ3v) is 6.11. The maximum absolute atomic E-state index is 13.3. The van der Waals surface area contributed by atoms with Crippen molar-refractivity contribution in [3.63, 3.8) is 0 Å². The van der Waals surface area contributed by atoms with E-state index in [-0.39, 0.29) is 23.1 Å². The number of amides is 2. The maximum atomic E-state index is 13.3. The number of carbonyl (C=O) groups excluding carboxylic acids is 2. The summed E-state index contributed by atoms with van der Waals surface area (Å²) < 4.78 is 39.8. The summed E-state index contributed by atoms with van der Waals surface area (Å²) in [6, 6.07) is 12.5. The average Bonchev–Trinajstić information content (AvgIpc) is 3.03. The zero-order chi connectivity index (χ0) is 24.7. The van der Waals surface area contributed by atoms with Crippen LogP contribution in [0.3, 0.4) is 0 Å². The normalized spacial score (nSPS) is 16.3. The van der Waals surface area contributed by atoms with Gasteiger partial charge in [0.05, 0.1) is 17.7 Å². The van der Waals surface area contributed by atoms with Crippen molar-refractivity contribution < 1.29 is 22.8 Å². The Morgan fingerprint density at radius 2 is 1.74 bits per heavy atom. The van der Waals surface area contributed by atoms with Crippen molar-refractivity contribution in [3.8, 4) is 0 Å². The van der Waals surface area contributed by atoms with E-state index in [1.807, 2.05) is 6.07 Å². The molecular weight excluding hydrogens is 463 g/mol. The molecule has 0 saturated carbocycles. The zero-order valence-electron chi connectivity index (χ0n) is 19.0. The van der Waals surface area contributed by atoms with Gasteiger partial charge >= 0.3 is 6.18 Å². The van der Waals surface area contributed by atoms with Crippen LogP contribution in [0.4, 0.5) is 24.5 Å². The first kappa shape index (κ1) is 25.7. The van der Waals surface area contributed by atoms with Gasteiger partial charge in [0.1, 0.15) is 6.04 Å². The maximum Gasteiger partial charge on any atom is 0.416 e. The zero-order valence-corrected chi connectivity index (χ0v) is 19.8. The van der Waals surface area contributed by atoms with Gasteiger partial charge in [0.25, 0.3) is 5.91 Å². The number of halogens is 3. The monoisotopic (exact) mass is 491 g/mol. The SMILES string of the molecule is CCCCCCCN1C(=S)N(c2cccc(C(F)(F)F)c2)C(=O)C1CC(=O)Nc1ccccc1. The third kappa shape index (κ3) is 6.34. The molecule has 0 aromatic heterocycles. The van der Waals surface area contributed by atoms with Gasteiger partial charge < -0.3 is 10.2 Å². The lowest BCUT2D eigenvalue weighted by Gasteiger charge is -2.24. The summed E-state index contributed by atoms with van der Waals surface area (Å²) in [6.45, 7) is 2.57. The number of para-hydroxylation sites is 1. The molecule has 182 valence electrons. The Morgan fingerprint density at radius 3 is 2.41 bits per heavy atom. The predicted molar refractivity (Wildman–Crippen MR) is 130 cm³/mol. The van der Waals surface area contributed by atoms with Gasteiger partial charge in [0, 0.05) is 12.2 Å².